The molecule has 7 heteroatoms. The zero-order valence-corrected chi connectivity index (χ0v) is 13.7. The van der Waals surface area contributed by atoms with Crippen molar-refractivity contribution in [2.45, 2.75) is 0 Å². The number of nitrogens with zero attached hydrogens (tertiary/aromatic N) is 3. The Morgan fingerprint density at radius 3 is 2.29 bits per heavy atom. The molecule has 1 saturated heterocycles. The van der Waals surface area contributed by atoms with Crippen LogP contribution in [0.25, 0.3) is 11.1 Å². The van der Waals surface area contributed by atoms with Gasteiger partial charge in [0.25, 0.3) is 5.56 Å². The van der Waals surface area contributed by atoms with Gasteiger partial charge in [-0.3, -0.25) is 4.79 Å². The first-order valence-corrected chi connectivity index (χ1v) is 8.60. The van der Waals surface area contributed by atoms with Crippen LogP contribution in [0.1, 0.15) is 11.1 Å². The van der Waals surface area contributed by atoms with Gasteiger partial charge in [0.05, 0.1) is 0 Å². The monoisotopic (exact) mass is 337 g/mol. The summed E-state index contributed by atoms with van der Waals surface area (Å²) in [4.78, 5) is 16.6. The number of nitrogen functional groups attached to an aromatic ring is 1. The zero-order valence-electron chi connectivity index (χ0n) is 12.9. The Hall–Kier alpha value is -2.90. The third kappa shape index (κ3) is 2.82. The van der Waals surface area contributed by atoms with Gasteiger partial charge in [0.2, 0.25) is 0 Å². The van der Waals surface area contributed by atoms with Crippen LogP contribution in [-0.2, 0) is 0 Å². The van der Waals surface area contributed by atoms with E-state index in [1.807, 2.05) is 48.2 Å². The predicted molar refractivity (Wildman–Crippen MR) is 95.9 cm³/mol. The molecule has 2 heterocycles. The fraction of sp³-hybridized carbons (Fsp3) is 0.235. The van der Waals surface area contributed by atoms with E-state index in [0.717, 1.165) is 30.3 Å². The molecule has 3 rings (SSSR count). The molecule has 0 bridgehead atoms. The van der Waals surface area contributed by atoms with Crippen LogP contribution in [-0.4, -0.2) is 29.6 Å². The van der Waals surface area contributed by atoms with Crippen molar-refractivity contribution in [3.63, 3.8) is 0 Å². The van der Waals surface area contributed by atoms with Crippen molar-refractivity contribution >= 4 is 23.3 Å². The maximum Gasteiger partial charge on any atom is 0.268 e. The van der Waals surface area contributed by atoms with Crippen LogP contribution in [0, 0.1) is 22.7 Å². The van der Waals surface area contributed by atoms with Crippen molar-refractivity contribution in [3.8, 4) is 23.3 Å². The van der Waals surface area contributed by atoms with Crippen molar-refractivity contribution in [1.29, 1.82) is 10.5 Å². The third-order valence-corrected chi connectivity index (χ3v) is 4.94. The van der Waals surface area contributed by atoms with Gasteiger partial charge >= 0.3 is 0 Å². The van der Waals surface area contributed by atoms with Crippen LogP contribution < -0.4 is 16.2 Å². The quantitative estimate of drug-likeness (QED) is 0.866. The van der Waals surface area contributed by atoms with Crippen LogP contribution >= 0.6 is 11.8 Å². The lowest BCUT2D eigenvalue weighted by atomic mass is 9.96. The van der Waals surface area contributed by atoms with E-state index >= 15 is 0 Å². The molecule has 1 aromatic heterocycles. The number of aromatic nitrogens is 1. The lowest BCUT2D eigenvalue weighted by molar-refractivity contribution is 0.859. The van der Waals surface area contributed by atoms with Gasteiger partial charge in [0, 0.05) is 35.8 Å². The van der Waals surface area contributed by atoms with Gasteiger partial charge in [-0.2, -0.15) is 22.3 Å². The van der Waals surface area contributed by atoms with Crippen LogP contribution in [0.3, 0.4) is 0 Å². The first-order valence-electron chi connectivity index (χ1n) is 7.44. The third-order valence-electron chi connectivity index (χ3n) is 4.00. The molecular weight excluding hydrogens is 322 g/mol. The Morgan fingerprint density at radius 2 is 1.71 bits per heavy atom. The summed E-state index contributed by atoms with van der Waals surface area (Å²) in [6.07, 6.45) is 0. The SMILES string of the molecule is N#Cc1c(N)[nH]c(=O)c(C#N)c1-c1ccc(N2CCSCC2)cc1. The second-order valence-corrected chi connectivity index (χ2v) is 6.59. The Labute approximate surface area is 143 Å². The number of hydrogen-bond donors (Lipinski definition) is 2. The predicted octanol–water partition coefficient (Wildman–Crippen LogP) is 1.92. The highest BCUT2D eigenvalue weighted by atomic mass is 32.2. The molecule has 0 radical (unpaired) electrons. The molecule has 24 heavy (non-hydrogen) atoms. The van der Waals surface area contributed by atoms with Gasteiger partial charge in [-0.05, 0) is 17.7 Å². The number of nitrogens with one attached hydrogen (secondary N) is 1. The van der Waals surface area contributed by atoms with Gasteiger partial charge in [0.15, 0.2) is 0 Å². The smallest absolute Gasteiger partial charge is 0.268 e. The normalized spacial score (nSPS) is 14.0. The number of benzene rings is 1. The van der Waals surface area contributed by atoms with Gasteiger partial charge in [-0.25, -0.2) is 0 Å². The first-order chi connectivity index (χ1) is 11.7. The standard InChI is InChI=1S/C17H15N5OS/c18-9-13-15(14(10-19)17(23)21-16(13)20)11-1-3-12(4-2-11)22-5-7-24-8-6-22/h1-4H,5-8H2,(H3,20,21,23). The minimum absolute atomic E-state index is 0.0198. The topological polar surface area (TPSA) is 110 Å². The van der Waals surface area contributed by atoms with E-state index in [4.69, 9.17) is 5.73 Å². The average molecular weight is 337 g/mol. The van der Waals surface area contributed by atoms with Crippen molar-refractivity contribution < 1.29 is 0 Å². The highest BCUT2D eigenvalue weighted by Gasteiger charge is 2.18. The molecule has 1 aliphatic rings. The fourth-order valence-corrected chi connectivity index (χ4v) is 3.70. The minimum Gasteiger partial charge on any atom is -0.384 e. The number of nitrogens with two attached hydrogens (primary N) is 1. The molecule has 3 N–H and O–H groups in total. The highest BCUT2D eigenvalue weighted by Crippen LogP contribution is 2.30. The number of H-pyrrole nitrogens is 1. The van der Waals surface area contributed by atoms with E-state index in [9.17, 15) is 15.3 Å². The fourth-order valence-electron chi connectivity index (χ4n) is 2.79. The molecule has 0 atom stereocenters. The number of hydrogen-bond acceptors (Lipinski definition) is 6. The van der Waals surface area contributed by atoms with Gasteiger partial charge in [-0.15, -0.1) is 0 Å². The summed E-state index contributed by atoms with van der Waals surface area (Å²) >= 11 is 1.94. The Morgan fingerprint density at radius 1 is 1.08 bits per heavy atom. The summed E-state index contributed by atoms with van der Waals surface area (Å²) in [6, 6.07) is 11.4. The van der Waals surface area contributed by atoms with E-state index in [-0.39, 0.29) is 16.9 Å². The summed E-state index contributed by atoms with van der Waals surface area (Å²) < 4.78 is 0. The molecule has 0 saturated carbocycles. The Bertz CT molecular complexity index is 899. The molecule has 1 aliphatic heterocycles. The van der Waals surface area contributed by atoms with E-state index in [2.05, 4.69) is 9.88 Å². The van der Waals surface area contributed by atoms with Gasteiger partial charge in [0.1, 0.15) is 29.1 Å². The molecule has 1 fully saturated rings. The average Bonchev–Trinajstić information content (AvgIpc) is 2.62. The maximum atomic E-state index is 12.0. The van der Waals surface area contributed by atoms with Gasteiger partial charge < -0.3 is 15.6 Å². The number of thioether (sulfide) groups is 1. The highest BCUT2D eigenvalue weighted by molar-refractivity contribution is 7.99. The second kappa shape index (κ2) is 6.69. The van der Waals surface area contributed by atoms with Crippen LogP contribution in [0.2, 0.25) is 0 Å². The Balaban J connectivity index is 2.08. The lowest BCUT2D eigenvalue weighted by Gasteiger charge is -2.28. The summed E-state index contributed by atoms with van der Waals surface area (Å²) in [6.45, 7) is 1.99. The number of rotatable bonds is 2. The molecule has 0 unspecified atom stereocenters. The molecule has 0 amide bonds. The van der Waals surface area contributed by atoms with Crippen molar-refractivity contribution in [1.82, 2.24) is 4.98 Å². The largest absolute Gasteiger partial charge is 0.384 e. The molecular formula is C17H15N5OS. The number of aromatic amines is 1. The second-order valence-electron chi connectivity index (χ2n) is 5.36. The molecule has 0 spiro atoms. The van der Waals surface area contributed by atoms with Gasteiger partial charge in [-0.1, -0.05) is 12.1 Å². The van der Waals surface area contributed by atoms with Crippen LogP contribution in [0.15, 0.2) is 29.1 Å². The van der Waals surface area contributed by atoms with Crippen molar-refractivity contribution in [2.75, 3.05) is 35.2 Å². The van der Waals surface area contributed by atoms with Crippen molar-refractivity contribution in [2.24, 2.45) is 0 Å². The molecule has 0 aliphatic carbocycles. The Kier molecular flexibility index (Phi) is 4.45. The summed E-state index contributed by atoms with van der Waals surface area (Å²) in [5.41, 5.74) is 7.20. The molecule has 1 aromatic carbocycles. The van der Waals surface area contributed by atoms with E-state index < -0.39 is 5.56 Å². The van der Waals surface area contributed by atoms with Crippen LogP contribution in [0.4, 0.5) is 11.5 Å². The lowest BCUT2D eigenvalue weighted by Crippen LogP contribution is -2.32. The summed E-state index contributed by atoms with van der Waals surface area (Å²) in [5.74, 6) is 2.18. The van der Waals surface area contributed by atoms with E-state index in [1.165, 1.54) is 0 Å². The number of pyridine rings is 1. The first kappa shape index (κ1) is 16.0. The zero-order chi connectivity index (χ0) is 17.1. The van der Waals surface area contributed by atoms with E-state index in [1.54, 1.807) is 0 Å². The summed E-state index contributed by atoms with van der Waals surface area (Å²) in [7, 11) is 0. The molecule has 6 nitrogen and oxygen atoms in total. The van der Waals surface area contributed by atoms with E-state index in [0.29, 0.717) is 11.1 Å². The molecule has 2 aromatic rings. The minimum atomic E-state index is -0.582. The molecule has 120 valence electrons. The maximum absolute atomic E-state index is 12.0. The van der Waals surface area contributed by atoms with Crippen LogP contribution in [0.5, 0.6) is 0 Å². The number of nitriles is 2. The van der Waals surface area contributed by atoms with Crippen molar-refractivity contribution in [3.05, 3.63) is 45.7 Å². The number of anilines is 2. The summed E-state index contributed by atoms with van der Waals surface area (Å²) in [5, 5.41) is 18.7.